The van der Waals surface area contributed by atoms with E-state index in [1.807, 2.05) is 12.1 Å². The smallest absolute Gasteiger partial charge is 0.00457 e. The Hall–Kier alpha value is -0.820. The summed E-state index contributed by atoms with van der Waals surface area (Å²) in [6, 6.07) is 11.4. The summed E-state index contributed by atoms with van der Waals surface area (Å²) in [5.41, 5.74) is 1.43. The second-order valence-electron chi connectivity index (χ2n) is 6.44. The minimum Gasteiger partial charge on any atom is -0.317 e. The summed E-state index contributed by atoms with van der Waals surface area (Å²) in [5.74, 6) is 0. The first-order valence-corrected chi connectivity index (χ1v) is 9.59. The van der Waals surface area contributed by atoms with Gasteiger partial charge in [0, 0.05) is 0 Å². The lowest BCUT2D eigenvalue weighted by Crippen LogP contribution is -2.17. The Morgan fingerprint density at radius 2 is 1.27 bits per heavy atom. The molecule has 0 spiro atoms. The summed E-state index contributed by atoms with van der Waals surface area (Å²) in [6.07, 6.45) is 16.6. The molecule has 0 atom stereocenters. The van der Waals surface area contributed by atoms with Crippen molar-refractivity contribution in [3.8, 4) is 0 Å². The predicted molar refractivity (Wildman–Crippen MR) is 98.3 cm³/mol. The summed E-state index contributed by atoms with van der Waals surface area (Å²) in [6.45, 7) is 4.63. The second kappa shape index (κ2) is 15.1. The molecule has 1 rings (SSSR count). The van der Waals surface area contributed by atoms with Crippen molar-refractivity contribution >= 4 is 0 Å². The first-order chi connectivity index (χ1) is 10.9. The topological polar surface area (TPSA) is 12.0 Å². The van der Waals surface area contributed by atoms with E-state index in [9.17, 15) is 0 Å². The van der Waals surface area contributed by atoms with Gasteiger partial charge in [-0.3, -0.25) is 0 Å². The van der Waals surface area contributed by atoms with Crippen LogP contribution in [0.15, 0.2) is 24.3 Å². The standard InChI is InChI=1S/C21H36N/c1-2-3-4-5-6-7-8-9-10-14-19-22-20-15-18-21-16-12-11-13-17-21/h12-13,16-17,22H,2-10,14-15,18-20H2,1H3. The van der Waals surface area contributed by atoms with Gasteiger partial charge >= 0.3 is 0 Å². The molecule has 0 aliphatic heterocycles. The molecule has 0 heterocycles. The highest BCUT2D eigenvalue weighted by molar-refractivity contribution is 5.13. The minimum atomic E-state index is 1.15. The lowest BCUT2D eigenvalue weighted by atomic mass is 10.1. The number of rotatable bonds is 15. The van der Waals surface area contributed by atoms with Crippen LogP contribution < -0.4 is 5.32 Å². The SMILES string of the molecule is CCCCCCCCCCCCNCCCc1cc[c]cc1. The van der Waals surface area contributed by atoms with E-state index in [4.69, 9.17) is 0 Å². The number of unbranched alkanes of at least 4 members (excludes halogenated alkanes) is 9. The lowest BCUT2D eigenvalue weighted by molar-refractivity contribution is 0.541. The van der Waals surface area contributed by atoms with Gasteiger partial charge < -0.3 is 5.32 Å². The van der Waals surface area contributed by atoms with Gasteiger partial charge in [0.15, 0.2) is 0 Å². The van der Waals surface area contributed by atoms with E-state index in [1.165, 1.54) is 89.2 Å². The molecular formula is C21H36N. The van der Waals surface area contributed by atoms with Crippen LogP contribution in [-0.4, -0.2) is 13.1 Å². The molecule has 1 aromatic carbocycles. The van der Waals surface area contributed by atoms with Crippen molar-refractivity contribution in [2.45, 2.75) is 84.0 Å². The average molecular weight is 303 g/mol. The van der Waals surface area contributed by atoms with Gasteiger partial charge in [-0.15, -0.1) is 0 Å². The fourth-order valence-corrected chi connectivity index (χ4v) is 2.87. The Morgan fingerprint density at radius 1 is 0.727 bits per heavy atom. The van der Waals surface area contributed by atoms with Crippen LogP contribution in [0.2, 0.25) is 0 Å². The molecule has 0 unspecified atom stereocenters. The highest BCUT2D eigenvalue weighted by Crippen LogP contribution is 2.10. The Labute approximate surface area is 138 Å². The Bertz CT molecular complexity index is 320. The van der Waals surface area contributed by atoms with Crippen LogP contribution >= 0.6 is 0 Å². The van der Waals surface area contributed by atoms with E-state index >= 15 is 0 Å². The largest absolute Gasteiger partial charge is 0.317 e. The van der Waals surface area contributed by atoms with Gasteiger partial charge in [0.2, 0.25) is 0 Å². The summed E-state index contributed by atoms with van der Waals surface area (Å²) >= 11 is 0. The summed E-state index contributed by atoms with van der Waals surface area (Å²) in [4.78, 5) is 0. The number of hydrogen-bond acceptors (Lipinski definition) is 1. The predicted octanol–water partition coefficient (Wildman–Crippen LogP) is 5.93. The van der Waals surface area contributed by atoms with Crippen molar-refractivity contribution in [3.63, 3.8) is 0 Å². The second-order valence-corrected chi connectivity index (χ2v) is 6.44. The molecule has 1 aromatic rings. The van der Waals surface area contributed by atoms with Crippen molar-refractivity contribution < 1.29 is 0 Å². The van der Waals surface area contributed by atoms with E-state index in [1.54, 1.807) is 0 Å². The monoisotopic (exact) mass is 302 g/mol. The zero-order chi connectivity index (χ0) is 15.7. The Morgan fingerprint density at radius 3 is 1.91 bits per heavy atom. The van der Waals surface area contributed by atoms with Crippen LogP contribution in [0.25, 0.3) is 0 Å². The first-order valence-electron chi connectivity index (χ1n) is 9.59. The third-order valence-electron chi connectivity index (χ3n) is 4.31. The number of benzene rings is 1. The van der Waals surface area contributed by atoms with Crippen molar-refractivity contribution in [3.05, 3.63) is 35.9 Å². The molecule has 0 aliphatic carbocycles. The van der Waals surface area contributed by atoms with Crippen molar-refractivity contribution in [2.24, 2.45) is 0 Å². The maximum atomic E-state index is 3.57. The molecule has 1 nitrogen and oxygen atoms in total. The van der Waals surface area contributed by atoms with Crippen LogP contribution in [0.5, 0.6) is 0 Å². The molecule has 0 saturated carbocycles. The average Bonchev–Trinajstić information content (AvgIpc) is 2.56. The van der Waals surface area contributed by atoms with Crippen LogP contribution in [0.4, 0.5) is 0 Å². The summed E-state index contributed by atoms with van der Waals surface area (Å²) in [5, 5.41) is 3.57. The minimum absolute atomic E-state index is 1.15. The van der Waals surface area contributed by atoms with Gasteiger partial charge in [-0.1, -0.05) is 89.0 Å². The number of hydrogen-bond donors (Lipinski definition) is 1. The molecule has 1 N–H and O–H groups in total. The molecule has 0 amide bonds. The zero-order valence-electron chi connectivity index (χ0n) is 14.7. The molecule has 22 heavy (non-hydrogen) atoms. The molecule has 0 fully saturated rings. The van der Waals surface area contributed by atoms with Gasteiger partial charge in [-0.05, 0) is 44.0 Å². The Balaban J connectivity index is 1.73. The lowest BCUT2D eigenvalue weighted by Gasteiger charge is -2.05. The highest BCUT2D eigenvalue weighted by Gasteiger charge is 1.94. The van der Waals surface area contributed by atoms with Gasteiger partial charge in [-0.2, -0.15) is 0 Å². The van der Waals surface area contributed by atoms with Crippen molar-refractivity contribution in [1.29, 1.82) is 0 Å². The first kappa shape index (κ1) is 19.2. The summed E-state index contributed by atoms with van der Waals surface area (Å²) < 4.78 is 0. The molecule has 0 aliphatic rings. The third kappa shape index (κ3) is 11.8. The van der Waals surface area contributed by atoms with E-state index in [-0.39, 0.29) is 0 Å². The van der Waals surface area contributed by atoms with Crippen LogP contribution in [0.3, 0.4) is 0 Å². The van der Waals surface area contributed by atoms with Gasteiger partial charge in [-0.25, -0.2) is 0 Å². The molecule has 1 radical (unpaired) electrons. The molecule has 0 bridgehead atoms. The normalized spacial score (nSPS) is 11.0. The molecule has 1 heteroatoms. The molecule has 125 valence electrons. The number of aryl methyl sites for hydroxylation is 1. The summed E-state index contributed by atoms with van der Waals surface area (Å²) in [7, 11) is 0. The number of nitrogens with one attached hydrogen (secondary N) is 1. The fraction of sp³-hybridized carbons (Fsp3) is 0.714. The molecule has 0 saturated heterocycles. The van der Waals surface area contributed by atoms with Gasteiger partial charge in [0.1, 0.15) is 0 Å². The van der Waals surface area contributed by atoms with Crippen LogP contribution in [0.1, 0.15) is 83.1 Å². The van der Waals surface area contributed by atoms with Crippen LogP contribution in [-0.2, 0) is 6.42 Å². The fourth-order valence-electron chi connectivity index (χ4n) is 2.87. The van der Waals surface area contributed by atoms with E-state index in [2.05, 4.69) is 30.4 Å². The van der Waals surface area contributed by atoms with E-state index in [0.717, 1.165) is 6.54 Å². The van der Waals surface area contributed by atoms with Gasteiger partial charge in [0.25, 0.3) is 0 Å². The zero-order valence-corrected chi connectivity index (χ0v) is 14.7. The highest BCUT2D eigenvalue weighted by atomic mass is 14.8. The van der Waals surface area contributed by atoms with E-state index < -0.39 is 0 Å². The van der Waals surface area contributed by atoms with E-state index in [0.29, 0.717) is 0 Å². The maximum absolute atomic E-state index is 3.57. The van der Waals surface area contributed by atoms with Crippen LogP contribution in [0, 0.1) is 6.07 Å². The maximum Gasteiger partial charge on any atom is -0.00457 e. The third-order valence-corrected chi connectivity index (χ3v) is 4.31. The Kier molecular flexibility index (Phi) is 13.2. The van der Waals surface area contributed by atoms with Crippen molar-refractivity contribution in [2.75, 3.05) is 13.1 Å². The van der Waals surface area contributed by atoms with Crippen molar-refractivity contribution in [1.82, 2.24) is 5.32 Å². The van der Waals surface area contributed by atoms with Gasteiger partial charge in [0.05, 0.1) is 0 Å². The molecular weight excluding hydrogens is 266 g/mol. The molecule has 0 aromatic heterocycles. The quantitative estimate of drug-likeness (QED) is 0.396.